The van der Waals surface area contributed by atoms with Crippen LogP contribution in [0.1, 0.15) is 18.9 Å². The minimum atomic E-state index is -0.102. The van der Waals surface area contributed by atoms with Crippen LogP contribution in [0.5, 0.6) is 0 Å². The number of hydrogen-bond donors (Lipinski definition) is 1. The third-order valence-corrected chi connectivity index (χ3v) is 3.20. The Kier molecular flexibility index (Phi) is 4.86. The van der Waals surface area contributed by atoms with Crippen LogP contribution < -0.4 is 5.32 Å². The first-order valence-electron chi connectivity index (χ1n) is 6.52. The van der Waals surface area contributed by atoms with Crippen molar-refractivity contribution in [1.82, 2.24) is 20.0 Å². The number of nitrogens with one attached hydrogen (secondary N) is 1. The summed E-state index contributed by atoms with van der Waals surface area (Å²) in [4.78, 5) is 13.8. The van der Waals surface area contributed by atoms with Gasteiger partial charge in [0, 0.05) is 38.6 Å². The van der Waals surface area contributed by atoms with Crippen molar-refractivity contribution in [3.05, 3.63) is 23.7 Å². The molecule has 0 bridgehead atoms. The first kappa shape index (κ1) is 14.7. The fourth-order valence-electron chi connectivity index (χ4n) is 1.93. The van der Waals surface area contributed by atoms with E-state index in [1.165, 1.54) is 0 Å². The Morgan fingerprint density at radius 1 is 1.55 bits per heavy atom. The second-order valence-electron chi connectivity index (χ2n) is 4.44. The number of carbonyl (C=O) groups excluding carboxylic acids is 1. The third-order valence-electron chi connectivity index (χ3n) is 2.87. The summed E-state index contributed by atoms with van der Waals surface area (Å²) in [6.07, 6.45) is 6.05. The predicted molar refractivity (Wildman–Crippen MR) is 79.7 cm³/mol. The first-order valence-corrected chi connectivity index (χ1v) is 6.93. The van der Waals surface area contributed by atoms with E-state index in [0.717, 1.165) is 12.0 Å². The quantitative estimate of drug-likeness (QED) is 0.480. The zero-order valence-corrected chi connectivity index (χ0v) is 12.4. The molecule has 1 aliphatic rings. The van der Waals surface area contributed by atoms with Gasteiger partial charge < -0.3 is 10.1 Å². The number of ether oxygens (including phenoxy) is 1. The van der Waals surface area contributed by atoms with Crippen molar-refractivity contribution in [3.63, 3.8) is 0 Å². The maximum Gasteiger partial charge on any atom is 0.276 e. The minimum Gasteiger partial charge on any atom is -0.382 e. The van der Waals surface area contributed by atoms with Crippen molar-refractivity contribution < 1.29 is 9.53 Å². The summed E-state index contributed by atoms with van der Waals surface area (Å²) >= 11 is 5.19. The highest BCUT2D eigenvalue weighted by Gasteiger charge is 2.29. The Morgan fingerprint density at radius 2 is 2.35 bits per heavy atom. The summed E-state index contributed by atoms with van der Waals surface area (Å²) in [7, 11) is 1.83. The van der Waals surface area contributed by atoms with Crippen LogP contribution in [0, 0.1) is 0 Å². The van der Waals surface area contributed by atoms with Gasteiger partial charge in [-0.2, -0.15) is 5.10 Å². The third kappa shape index (κ3) is 3.43. The highest BCUT2D eigenvalue weighted by atomic mass is 32.1. The fourth-order valence-corrected chi connectivity index (χ4v) is 2.21. The molecule has 0 aromatic carbocycles. The zero-order valence-electron chi connectivity index (χ0n) is 11.6. The molecule has 0 spiro atoms. The second-order valence-corrected chi connectivity index (χ2v) is 4.83. The minimum absolute atomic E-state index is 0.102. The number of carbonyl (C=O) groups is 1. The van der Waals surface area contributed by atoms with Gasteiger partial charge >= 0.3 is 0 Å². The highest BCUT2D eigenvalue weighted by molar-refractivity contribution is 7.80. The molecule has 2 heterocycles. The molecule has 1 aromatic rings. The number of thiocarbonyl (C=S) groups is 1. The predicted octanol–water partition coefficient (Wildman–Crippen LogP) is 0.904. The molecule has 0 saturated carbocycles. The Bertz CT molecular complexity index is 538. The van der Waals surface area contributed by atoms with Crippen LogP contribution in [0.3, 0.4) is 0 Å². The highest BCUT2D eigenvalue weighted by Crippen LogP contribution is 2.14. The number of hydrogen-bond acceptors (Lipinski definition) is 4. The molecule has 1 amide bonds. The van der Waals surface area contributed by atoms with Gasteiger partial charge in [0.15, 0.2) is 5.11 Å². The van der Waals surface area contributed by atoms with Gasteiger partial charge in [0.05, 0.1) is 6.20 Å². The van der Waals surface area contributed by atoms with Crippen LogP contribution in [0.4, 0.5) is 0 Å². The lowest BCUT2D eigenvalue weighted by atomic mass is 10.2. The average molecular weight is 294 g/mol. The van der Waals surface area contributed by atoms with Gasteiger partial charge in [0.25, 0.3) is 5.91 Å². The summed E-state index contributed by atoms with van der Waals surface area (Å²) in [6, 6.07) is 0. The molecule has 6 nitrogen and oxygen atoms in total. The van der Waals surface area contributed by atoms with Crippen LogP contribution in [-0.4, -0.2) is 45.5 Å². The number of rotatable bonds is 6. The number of aromatic nitrogens is 2. The number of aryl methyl sites for hydroxylation is 1. The van der Waals surface area contributed by atoms with E-state index in [1.54, 1.807) is 21.9 Å². The fraction of sp³-hybridized carbons (Fsp3) is 0.462. The molecule has 1 fully saturated rings. The molecular formula is C13H18N4O2S. The molecule has 7 heteroatoms. The summed E-state index contributed by atoms with van der Waals surface area (Å²) in [5, 5.41) is 7.45. The van der Waals surface area contributed by atoms with Gasteiger partial charge in [-0.05, 0) is 31.6 Å². The summed E-state index contributed by atoms with van der Waals surface area (Å²) in [5.41, 5.74) is 1.35. The molecule has 0 radical (unpaired) electrons. The van der Waals surface area contributed by atoms with Crippen molar-refractivity contribution in [2.24, 2.45) is 7.05 Å². The number of amides is 1. The van der Waals surface area contributed by atoms with Crippen molar-refractivity contribution in [2.45, 2.75) is 13.3 Å². The van der Waals surface area contributed by atoms with E-state index >= 15 is 0 Å². The van der Waals surface area contributed by atoms with Gasteiger partial charge in [0.1, 0.15) is 5.70 Å². The van der Waals surface area contributed by atoms with Crippen molar-refractivity contribution in [3.8, 4) is 0 Å². The number of nitrogens with zero attached hydrogens (tertiary/aromatic N) is 3. The zero-order chi connectivity index (χ0) is 14.5. The molecule has 108 valence electrons. The van der Waals surface area contributed by atoms with E-state index in [2.05, 4.69) is 10.4 Å². The molecule has 2 rings (SSSR count). The topological polar surface area (TPSA) is 59.4 Å². The Hall–Kier alpha value is -1.73. The smallest absolute Gasteiger partial charge is 0.276 e. The van der Waals surface area contributed by atoms with Gasteiger partial charge in [-0.15, -0.1) is 0 Å². The van der Waals surface area contributed by atoms with Crippen molar-refractivity contribution >= 4 is 29.3 Å². The molecule has 1 aromatic heterocycles. The lowest BCUT2D eigenvalue weighted by Gasteiger charge is -2.13. The Morgan fingerprint density at radius 3 is 3.00 bits per heavy atom. The largest absolute Gasteiger partial charge is 0.382 e. The van der Waals surface area contributed by atoms with Gasteiger partial charge in [-0.3, -0.25) is 14.4 Å². The van der Waals surface area contributed by atoms with Crippen LogP contribution in [-0.2, 0) is 16.6 Å². The standard InChI is InChI=1S/C13H18N4O2S/c1-3-19-6-4-5-17-12(18)11(15-13(17)20)7-10-8-14-16(2)9-10/h7-9H,3-6H2,1-2H3,(H,15,20)/b11-7+. The summed E-state index contributed by atoms with van der Waals surface area (Å²) in [5.74, 6) is -0.102. The van der Waals surface area contributed by atoms with Crippen LogP contribution in [0.15, 0.2) is 18.1 Å². The molecule has 1 saturated heterocycles. The maximum atomic E-state index is 12.2. The van der Waals surface area contributed by atoms with Crippen molar-refractivity contribution in [2.75, 3.05) is 19.8 Å². The molecule has 1 aliphatic heterocycles. The maximum absolute atomic E-state index is 12.2. The van der Waals surface area contributed by atoms with Crippen molar-refractivity contribution in [1.29, 1.82) is 0 Å². The molecular weight excluding hydrogens is 276 g/mol. The van der Waals surface area contributed by atoms with Crippen LogP contribution >= 0.6 is 12.2 Å². The van der Waals surface area contributed by atoms with Gasteiger partial charge in [-0.25, -0.2) is 0 Å². The van der Waals surface area contributed by atoms with E-state index in [9.17, 15) is 4.79 Å². The molecule has 0 aliphatic carbocycles. The average Bonchev–Trinajstić information content (AvgIpc) is 2.93. The Labute approximate surface area is 123 Å². The molecule has 0 atom stereocenters. The van der Waals surface area contributed by atoms with E-state index in [4.69, 9.17) is 17.0 Å². The molecule has 20 heavy (non-hydrogen) atoms. The lowest BCUT2D eigenvalue weighted by molar-refractivity contribution is -0.122. The first-order chi connectivity index (χ1) is 9.61. The van der Waals surface area contributed by atoms with Crippen LogP contribution in [0.2, 0.25) is 0 Å². The Balaban J connectivity index is 1.99. The lowest BCUT2D eigenvalue weighted by Crippen LogP contribution is -2.32. The normalized spacial score (nSPS) is 17.1. The van der Waals surface area contributed by atoms with Gasteiger partial charge in [0.2, 0.25) is 0 Å². The van der Waals surface area contributed by atoms with E-state index in [0.29, 0.717) is 30.6 Å². The molecule has 0 unspecified atom stereocenters. The van der Waals surface area contributed by atoms with Gasteiger partial charge in [-0.1, -0.05) is 0 Å². The SMILES string of the molecule is CCOCCCN1C(=O)/C(=C\c2cnn(C)c2)NC1=S. The van der Waals surface area contributed by atoms with E-state index in [1.807, 2.05) is 20.2 Å². The van der Waals surface area contributed by atoms with Crippen LogP contribution in [0.25, 0.3) is 6.08 Å². The van der Waals surface area contributed by atoms with E-state index < -0.39 is 0 Å². The summed E-state index contributed by atoms with van der Waals surface area (Å²) < 4.78 is 6.95. The molecule has 1 N–H and O–H groups in total. The summed E-state index contributed by atoms with van der Waals surface area (Å²) in [6.45, 7) is 3.82. The monoisotopic (exact) mass is 294 g/mol. The van der Waals surface area contributed by atoms with E-state index in [-0.39, 0.29) is 5.91 Å². The second kappa shape index (κ2) is 6.62.